The molecule has 0 aliphatic carbocycles. The van der Waals surface area contributed by atoms with Crippen LogP contribution >= 0.6 is 51.1 Å². The summed E-state index contributed by atoms with van der Waals surface area (Å²) in [5.74, 6) is 3.15. The molecule has 0 spiro atoms. The van der Waals surface area contributed by atoms with Gasteiger partial charge in [-0.1, -0.05) is 63.9 Å². The van der Waals surface area contributed by atoms with Crippen molar-refractivity contribution in [2.45, 2.75) is 11.5 Å². The minimum absolute atomic E-state index is 0.0883. The van der Waals surface area contributed by atoms with E-state index in [9.17, 15) is 4.79 Å². The van der Waals surface area contributed by atoms with Crippen LogP contribution in [0.25, 0.3) is 0 Å². The maximum absolute atomic E-state index is 11.8. The van der Waals surface area contributed by atoms with Gasteiger partial charge in [-0.15, -0.1) is 11.8 Å². The number of hydrogen-bond donors (Lipinski definition) is 1. The number of amides is 1. The molecule has 0 aliphatic heterocycles. The van der Waals surface area contributed by atoms with Gasteiger partial charge in [0.25, 0.3) is 0 Å². The smallest absolute Gasteiger partial charge is 0.230 e. The van der Waals surface area contributed by atoms with Gasteiger partial charge in [-0.25, -0.2) is 0 Å². The van der Waals surface area contributed by atoms with E-state index in [1.165, 1.54) is 5.56 Å². The van der Waals surface area contributed by atoms with Crippen molar-refractivity contribution >= 4 is 57.0 Å². The van der Waals surface area contributed by atoms with Crippen molar-refractivity contribution in [1.82, 2.24) is 5.32 Å². The highest BCUT2D eigenvalue weighted by Gasteiger charge is 2.04. The Kier molecular flexibility index (Phi) is 9.10. The molecule has 2 nitrogen and oxygen atoms in total. The molecule has 6 heteroatoms. The first-order valence-electron chi connectivity index (χ1n) is 7.56. The summed E-state index contributed by atoms with van der Waals surface area (Å²) >= 11 is 13.0. The van der Waals surface area contributed by atoms with E-state index in [4.69, 9.17) is 11.6 Å². The van der Waals surface area contributed by atoms with Gasteiger partial charge in [-0.05, 0) is 23.3 Å². The summed E-state index contributed by atoms with van der Waals surface area (Å²) in [6.07, 6.45) is 0. The molecule has 0 radical (unpaired) electrons. The van der Waals surface area contributed by atoms with Gasteiger partial charge in [0.2, 0.25) is 5.91 Å². The monoisotopic (exact) mass is 443 g/mol. The number of hydrogen-bond acceptors (Lipinski definition) is 3. The van der Waals surface area contributed by atoms with Crippen molar-refractivity contribution in [3.63, 3.8) is 0 Å². The van der Waals surface area contributed by atoms with Gasteiger partial charge in [-0.3, -0.25) is 4.79 Å². The predicted molar refractivity (Wildman–Crippen MR) is 111 cm³/mol. The summed E-state index contributed by atoms with van der Waals surface area (Å²) in [7, 11) is 0. The molecule has 24 heavy (non-hydrogen) atoms. The number of thioether (sulfide) groups is 2. The molecule has 0 aliphatic rings. The number of rotatable bonds is 9. The Morgan fingerprint density at radius 2 is 1.67 bits per heavy atom. The summed E-state index contributed by atoms with van der Waals surface area (Å²) in [5.41, 5.74) is 2.35. The van der Waals surface area contributed by atoms with Gasteiger partial charge in [0.1, 0.15) is 0 Å². The van der Waals surface area contributed by atoms with Crippen LogP contribution < -0.4 is 5.32 Å². The van der Waals surface area contributed by atoms with E-state index in [-0.39, 0.29) is 5.91 Å². The topological polar surface area (TPSA) is 29.1 Å². The summed E-state index contributed by atoms with van der Waals surface area (Å²) in [6.45, 7) is 0.684. The maximum atomic E-state index is 11.8. The van der Waals surface area contributed by atoms with Crippen LogP contribution in [0.4, 0.5) is 0 Å². The average Bonchev–Trinajstić information content (AvgIpc) is 2.58. The van der Waals surface area contributed by atoms with Gasteiger partial charge in [0.15, 0.2) is 0 Å². The van der Waals surface area contributed by atoms with Crippen molar-refractivity contribution in [3.05, 3.63) is 69.2 Å². The second-order valence-corrected chi connectivity index (χ2v) is 8.43. The molecule has 128 valence electrons. The van der Waals surface area contributed by atoms with E-state index >= 15 is 0 Å². The van der Waals surface area contributed by atoms with Gasteiger partial charge < -0.3 is 5.32 Å². The maximum Gasteiger partial charge on any atom is 0.230 e. The van der Waals surface area contributed by atoms with Crippen LogP contribution in [-0.2, 0) is 16.3 Å². The van der Waals surface area contributed by atoms with Crippen LogP contribution in [0.5, 0.6) is 0 Å². The van der Waals surface area contributed by atoms with Crippen LogP contribution in [0.15, 0.2) is 53.0 Å². The summed E-state index contributed by atoms with van der Waals surface area (Å²) in [6, 6.07) is 16.0. The predicted octanol–water partition coefficient (Wildman–Crippen LogP) is 5.39. The first-order valence-corrected chi connectivity index (χ1v) is 11.0. The number of halogens is 2. The Balaban J connectivity index is 1.55. The highest BCUT2D eigenvalue weighted by Crippen LogP contribution is 2.21. The third-order valence-electron chi connectivity index (χ3n) is 3.23. The number of benzene rings is 2. The SMILES string of the molecule is O=C(CSCc1ccccc1Br)NCCSCc1ccccc1Cl. The van der Waals surface area contributed by atoms with Crippen molar-refractivity contribution in [2.75, 3.05) is 18.1 Å². The molecule has 0 heterocycles. The molecule has 1 amide bonds. The molecule has 0 bridgehead atoms. The Hall–Kier alpha value is -0.620. The molecular formula is C18H19BrClNOS2. The first-order chi connectivity index (χ1) is 11.7. The molecule has 0 aromatic heterocycles. The van der Waals surface area contributed by atoms with Crippen LogP contribution in [0.2, 0.25) is 5.02 Å². The lowest BCUT2D eigenvalue weighted by Crippen LogP contribution is -2.27. The lowest BCUT2D eigenvalue weighted by atomic mass is 10.2. The van der Waals surface area contributed by atoms with Gasteiger partial charge in [0.05, 0.1) is 5.75 Å². The van der Waals surface area contributed by atoms with Crippen molar-refractivity contribution < 1.29 is 4.79 Å². The third kappa shape index (κ3) is 7.09. The molecule has 0 fully saturated rings. The number of nitrogens with one attached hydrogen (secondary N) is 1. The summed E-state index contributed by atoms with van der Waals surface area (Å²) in [4.78, 5) is 11.8. The Morgan fingerprint density at radius 3 is 2.42 bits per heavy atom. The van der Waals surface area contributed by atoms with Crippen LogP contribution in [0.1, 0.15) is 11.1 Å². The fourth-order valence-corrected chi connectivity index (χ4v) is 4.60. The van der Waals surface area contributed by atoms with E-state index in [0.717, 1.165) is 32.3 Å². The summed E-state index contributed by atoms with van der Waals surface area (Å²) < 4.78 is 1.09. The highest BCUT2D eigenvalue weighted by atomic mass is 79.9. The quantitative estimate of drug-likeness (QED) is 0.526. The fraction of sp³-hybridized carbons (Fsp3) is 0.278. The molecule has 2 aromatic carbocycles. The fourth-order valence-electron chi connectivity index (χ4n) is 1.98. The number of carbonyl (C=O) groups is 1. The lowest BCUT2D eigenvalue weighted by Gasteiger charge is -2.07. The molecule has 0 unspecified atom stereocenters. The molecule has 1 N–H and O–H groups in total. The van der Waals surface area contributed by atoms with E-state index in [0.29, 0.717) is 12.3 Å². The zero-order chi connectivity index (χ0) is 17.2. The molecule has 0 saturated heterocycles. The highest BCUT2D eigenvalue weighted by molar-refractivity contribution is 9.10. The van der Waals surface area contributed by atoms with Gasteiger partial charge in [-0.2, -0.15) is 11.8 Å². The second-order valence-electron chi connectivity index (χ2n) is 5.08. The Bertz CT molecular complexity index is 669. The second kappa shape index (κ2) is 11.1. The van der Waals surface area contributed by atoms with E-state index in [1.807, 2.05) is 42.5 Å². The molecular weight excluding hydrogens is 426 g/mol. The van der Waals surface area contributed by atoms with Crippen molar-refractivity contribution in [1.29, 1.82) is 0 Å². The average molecular weight is 445 g/mol. The normalized spacial score (nSPS) is 10.6. The largest absolute Gasteiger partial charge is 0.355 e. The Labute approximate surface area is 165 Å². The lowest BCUT2D eigenvalue weighted by molar-refractivity contribution is -0.118. The molecule has 0 atom stereocenters. The molecule has 2 aromatic rings. The third-order valence-corrected chi connectivity index (χ3v) is 6.36. The Morgan fingerprint density at radius 1 is 1.00 bits per heavy atom. The zero-order valence-corrected chi connectivity index (χ0v) is 17.1. The summed E-state index contributed by atoms with van der Waals surface area (Å²) in [5, 5.41) is 3.76. The van der Waals surface area contributed by atoms with E-state index in [2.05, 4.69) is 27.3 Å². The van der Waals surface area contributed by atoms with Crippen molar-refractivity contribution in [3.8, 4) is 0 Å². The first kappa shape index (κ1) is 19.7. The zero-order valence-electron chi connectivity index (χ0n) is 13.1. The van der Waals surface area contributed by atoms with E-state index < -0.39 is 0 Å². The van der Waals surface area contributed by atoms with Gasteiger partial charge in [0, 0.05) is 33.3 Å². The van der Waals surface area contributed by atoms with Crippen LogP contribution in [0.3, 0.4) is 0 Å². The molecule has 0 saturated carbocycles. The minimum atomic E-state index is 0.0883. The van der Waals surface area contributed by atoms with Crippen LogP contribution in [-0.4, -0.2) is 24.0 Å². The molecule has 2 rings (SSSR count). The van der Waals surface area contributed by atoms with Crippen LogP contribution in [0, 0.1) is 0 Å². The number of carbonyl (C=O) groups excluding carboxylic acids is 1. The van der Waals surface area contributed by atoms with E-state index in [1.54, 1.807) is 23.5 Å². The van der Waals surface area contributed by atoms with Gasteiger partial charge >= 0.3 is 0 Å². The standard InChI is InChI=1S/C18H19BrClNOS2/c19-16-7-3-1-5-14(16)11-24-13-18(22)21-9-10-23-12-15-6-2-4-8-17(15)20/h1-8H,9-13H2,(H,21,22). The minimum Gasteiger partial charge on any atom is -0.355 e. The van der Waals surface area contributed by atoms with Crippen molar-refractivity contribution in [2.24, 2.45) is 0 Å².